The number of furan rings is 1. The second-order valence-electron chi connectivity index (χ2n) is 6.62. The van der Waals surface area contributed by atoms with Gasteiger partial charge in [0.2, 0.25) is 5.91 Å². The smallest absolute Gasteiger partial charge is 0.294 e. The van der Waals surface area contributed by atoms with E-state index in [9.17, 15) is 9.59 Å². The lowest BCUT2D eigenvalue weighted by molar-refractivity contribution is -0.119. The van der Waals surface area contributed by atoms with Crippen LogP contribution in [0.1, 0.15) is 10.6 Å². The van der Waals surface area contributed by atoms with E-state index in [4.69, 9.17) is 4.42 Å². The Bertz CT molecular complexity index is 1260. The summed E-state index contributed by atoms with van der Waals surface area (Å²) in [7, 11) is 0. The van der Waals surface area contributed by atoms with Crippen LogP contribution in [0.4, 0.5) is 5.69 Å². The summed E-state index contributed by atoms with van der Waals surface area (Å²) in [4.78, 5) is 31.9. The number of rotatable bonds is 3. The standard InChI is InChI=1S/C20H16N4O3S/c1-12-21-18-19(28-12)17(15-7-4-10-27-15)22-24(20(18)26)11-16(25)23-9-8-13-5-2-3-6-14(13)23/h2-7,10H,8-9,11H2,1H3. The molecule has 1 aromatic carbocycles. The van der Waals surface area contributed by atoms with Crippen molar-refractivity contribution in [1.29, 1.82) is 0 Å². The number of anilines is 1. The van der Waals surface area contributed by atoms with Crippen LogP contribution in [0.25, 0.3) is 21.7 Å². The molecular weight excluding hydrogens is 376 g/mol. The van der Waals surface area contributed by atoms with Gasteiger partial charge in [-0.05, 0) is 37.1 Å². The fourth-order valence-corrected chi connectivity index (χ4v) is 4.46. The number of fused-ring (bicyclic) bond motifs is 2. The SMILES string of the molecule is Cc1nc2c(=O)n(CC(=O)N3CCc4ccccc43)nc(-c3ccco3)c2s1. The molecule has 28 heavy (non-hydrogen) atoms. The molecule has 7 nitrogen and oxygen atoms in total. The molecule has 1 aliphatic heterocycles. The summed E-state index contributed by atoms with van der Waals surface area (Å²) < 4.78 is 7.36. The molecule has 0 aliphatic carbocycles. The third-order valence-corrected chi connectivity index (χ3v) is 5.81. The first-order valence-corrected chi connectivity index (χ1v) is 9.74. The highest BCUT2D eigenvalue weighted by atomic mass is 32.1. The van der Waals surface area contributed by atoms with Gasteiger partial charge in [-0.15, -0.1) is 11.3 Å². The predicted octanol–water partition coefficient (Wildman–Crippen LogP) is 3.01. The highest BCUT2D eigenvalue weighted by Crippen LogP contribution is 2.30. The number of hydrogen-bond acceptors (Lipinski definition) is 6. The van der Waals surface area contributed by atoms with Crippen LogP contribution in [0, 0.1) is 6.92 Å². The minimum absolute atomic E-state index is 0.145. The Morgan fingerprint density at radius 1 is 1.25 bits per heavy atom. The summed E-state index contributed by atoms with van der Waals surface area (Å²) in [5, 5.41) is 5.22. The maximum absolute atomic E-state index is 13.0. The van der Waals surface area contributed by atoms with Crippen molar-refractivity contribution in [1.82, 2.24) is 14.8 Å². The Hall–Kier alpha value is -3.26. The normalized spacial score (nSPS) is 13.2. The number of benzene rings is 1. The molecule has 0 saturated heterocycles. The van der Waals surface area contributed by atoms with Crippen LogP contribution >= 0.6 is 11.3 Å². The zero-order valence-electron chi connectivity index (χ0n) is 15.1. The van der Waals surface area contributed by atoms with Crippen molar-refractivity contribution in [3.8, 4) is 11.5 Å². The third kappa shape index (κ3) is 2.65. The minimum Gasteiger partial charge on any atom is -0.463 e. The van der Waals surface area contributed by atoms with Gasteiger partial charge in [-0.1, -0.05) is 18.2 Å². The van der Waals surface area contributed by atoms with Gasteiger partial charge in [-0.2, -0.15) is 5.10 Å². The fourth-order valence-electron chi connectivity index (χ4n) is 3.56. The van der Waals surface area contributed by atoms with E-state index < -0.39 is 0 Å². The Labute approximate surface area is 163 Å². The molecule has 0 N–H and O–H groups in total. The number of amides is 1. The summed E-state index contributed by atoms with van der Waals surface area (Å²) >= 11 is 1.39. The maximum atomic E-state index is 13.0. The predicted molar refractivity (Wildman–Crippen MR) is 107 cm³/mol. The van der Waals surface area contributed by atoms with E-state index in [1.54, 1.807) is 23.3 Å². The van der Waals surface area contributed by atoms with Crippen LogP contribution in [0.3, 0.4) is 0 Å². The molecule has 0 bridgehead atoms. The van der Waals surface area contributed by atoms with E-state index >= 15 is 0 Å². The Morgan fingerprint density at radius 3 is 2.93 bits per heavy atom. The van der Waals surface area contributed by atoms with E-state index in [-0.39, 0.29) is 18.0 Å². The summed E-state index contributed by atoms with van der Waals surface area (Å²) in [6.45, 7) is 2.30. The zero-order chi connectivity index (χ0) is 19.3. The molecule has 0 unspecified atom stereocenters. The summed E-state index contributed by atoms with van der Waals surface area (Å²) in [5.74, 6) is 0.373. The van der Waals surface area contributed by atoms with Crippen molar-refractivity contribution in [2.24, 2.45) is 0 Å². The van der Waals surface area contributed by atoms with Gasteiger partial charge in [-0.25, -0.2) is 9.67 Å². The van der Waals surface area contributed by atoms with E-state index in [0.29, 0.717) is 28.2 Å². The van der Waals surface area contributed by atoms with Crippen molar-refractivity contribution in [3.63, 3.8) is 0 Å². The first kappa shape index (κ1) is 16.9. The largest absolute Gasteiger partial charge is 0.463 e. The molecule has 0 saturated carbocycles. The van der Waals surface area contributed by atoms with E-state index in [2.05, 4.69) is 10.1 Å². The number of carbonyl (C=O) groups excluding carboxylic acids is 1. The zero-order valence-corrected chi connectivity index (χ0v) is 15.9. The molecule has 1 amide bonds. The van der Waals surface area contributed by atoms with Crippen LogP contribution in [0.5, 0.6) is 0 Å². The van der Waals surface area contributed by atoms with Crippen LogP contribution in [-0.2, 0) is 17.8 Å². The molecule has 5 rings (SSSR count). The second kappa shape index (κ2) is 6.42. The molecule has 0 spiro atoms. The monoisotopic (exact) mass is 392 g/mol. The summed E-state index contributed by atoms with van der Waals surface area (Å²) in [6, 6.07) is 11.4. The fraction of sp³-hybridized carbons (Fsp3) is 0.200. The number of carbonyl (C=O) groups is 1. The van der Waals surface area contributed by atoms with E-state index in [1.165, 1.54) is 16.0 Å². The number of aryl methyl sites for hydroxylation is 1. The summed E-state index contributed by atoms with van der Waals surface area (Å²) in [6.07, 6.45) is 2.37. The van der Waals surface area contributed by atoms with Gasteiger partial charge >= 0.3 is 0 Å². The van der Waals surface area contributed by atoms with Gasteiger partial charge in [-0.3, -0.25) is 9.59 Å². The van der Waals surface area contributed by atoms with Gasteiger partial charge in [0, 0.05) is 12.2 Å². The molecule has 1 aliphatic rings. The van der Waals surface area contributed by atoms with Gasteiger partial charge < -0.3 is 9.32 Å². The number of nitrogens with zero attached hydrogens (tertiary/aromatic N) is 4. The topological polar surface area (TPSA) is 81.2 Å². The second-order valence-corrected chi connectivity index (χ2v) is 7.83. The van der Waals surface area contributed by atoms with Crippen molar-refractivity contribution < 1.29 is 9.21 Å². The van der Waals surface area contributed by atoms with E-state index in [0.717, 1.165) is 22.7 Å². The third-order valence-electron chi connectivity index (χ3n) is 4.83. The van der Waals surface area contributed by atoms with Crippen molar-refractivity contribution >= 4 is 33.1 Å². The number of hydrogen-bond donors (Lipinski definition) is 0. The average Bonchev–Trinajstić information content (AvgIpc) is 3.42. The summed E-state index contributed by atoms with van der Waals surface area (Å²) in [5.41, 5.74) is 2.52. The van der Waals surface area contributed by atoms with E-state index in [1.807, 2.05) is 31.2 Å². The van der Waals surface area contributed by atoms with Crippen molar-refractivity contribution in [3.05, 3.63) is 63.6 Å². The van der Waals surface area contributed by atoms with Gasteiger partial charge in [0.15, 0.2) is 11.3 Å². The lowest BCUT2D eigenvalue weighted by Gasteiger charge is -2.17. The molecule has 0 atom stereocenters. The van der Waals surface area contributed by atoms with Crippen molar-refractivity contribution in [2.45, 2.75) is 19.9 Å². The first-order valence-electron chi connectivity index (χ1n) is 8.92. The van der Waals surface area contributed by atoms with Crippen LogP contribution in [0.15, 0.2) is 51.9 Å². The lowest BCUT2D eigenvalue weighted by Crippen LogP contribution is -2.36. The van der Waals surface area contributed by atoms with Gasteiger partial charge in [0.1, 0.15) is 12.2 Å². The molecule has 0 radical (unpaired) electrons. The highest BCUT2D eigenvalue weighted by Gasteiger charge is 2.26. The average molecular weight is 392 g/mol. The van der Waals surface area contributed by atoms with Crippen LogP contribution in [0.2, 0.25) is 0 Å². The van der Waals surface area contributed by atoms with Crippen LogP contribution in [-0.4, -0.2) is 27.2 Å². The quantitative estimate of drug-likeness (QED) is 0.535. The molecule has 3 aromatic heterocycles. The lowest BCUT2D eigenvalue weighted by atomic mass is 10.2. The number of thiazole rings is 1. The molecular formula is C20H16N4O3S. The minimum atomic E-state index is -0.365. The molecule has 0 fully saturated rings. The molecule has 4 aromatic rings. The Kier molecular flexibility index (Phi) is 3.87. The number of para-hydroxylation sites is 1. The first-order chi connectivity index (χ1) is 13.6. The molecule has 4 heterocycles. The Balaban J connectivity index is 1.57. The molecule has 140 valence electrons. The van der Waals surface area contributed by atoms with Crippen LogP contribution < -0.4 is 10.5 Å². The Morgan fingerprint density at radius 2 is 2.11 bits per heavy atom. The number of aromatic nitrogens is 3. The molecule has 8 heteroatoms. The van der Waals surface area contributed by atoms with Crippen molar-refractivity contribution in [2.75, 3.05) is 11.4 Å². The van der Waals surface area contributed by atoms with Gasteiger partial charge in [0.05, 0.1) is 16.0 Å². The highest BCUT2D eigenvalue weighted by molar-refractivity contribution is 7.19. The van der Waals surface area contributed by atoms with Gasteiger partial charge in [0.25, 0.3) is 5.56 Å². The maximum Gasteiger partial charge on any atom is 0.294 e.